The fourth-order valence-corrected chi connectivity index (χ4v) is 6.03. The van der Waals surface area contributed by atoms with E-state index < -0.39 is 5.91 Å². The summed E-state index contributed by atoms with van der Waals surface area (Å²) in [5.41, 5.74) is 9.84. The summed E-state index contributed by atoms with van der Waals surface area (Å²) in [5, 5.41) is 14.3. The van der Waals surface area contributed by atoms with Crippen LogP contribution >= 0.6 is 23.6 Å². The Kier molecular flexibility index (Phi) is 6.27. The van der Waals surface area contributed by atoms with Crippen LogP contribution in [0.5, 0.6) is 0 Å². The van der Waals surface area contributed by atoms with Gasteiger partial charge in [0, 0.05) is 10.6 Å². The summed E-state index contributed by atoms with van der Waals surface area (Å²) in [7, 11) is 0. The molecule has 0 bridgehead atoms. The summed E-state index contributed by atoms with van der Waals surface area (Å²) in [6.45, 7) is 1.80. The summed E-state index contributed by atoms with van der Waals surface area (Å²) in [4.78, 5) is 18.3. The molecule has 3 N–H and O–H groups in total. The molecular formula is C26H24N6OS2. The molecule has 0 saturated carbocycles. The highest BCUT2D eigenvalue weighted by Gasteiger charge is 2.24. The third-order valence-corrected chi connectivity index (χ3v) is 7.59. The second-order valence-corrected chi connectivity index (χ2v) is 9.80. The topological polar surface area (TPSA) is 102 Å². The zero-order valence-electron chi connectivity index (χ0n) is 19.2. The minimum atomic E-state index is -0.463. The molecule has 0 unspecified atom stereocenters. The van der Waals surface area contributed by atoms with Crippen LogP contribution in [-0.4, -0.2) is 26.0 Å². The first-order valence-corrected chi connectivity index (χ1v) is 12.6. The molecule has 1 aliphatic rings. The molecule has 1 aliphatic carbocycles. The van der Waals surface area contributed by atoms with Crippen molar-refractivity contribution in [3.63, 3.8) is 0 Å². The van der Waals surface area contributed by atoms with Crippen LogP contribution in [0.3, 0.4) is 0 Å². The van der Waals surface area contributed by atoms with Crippen molar-refractivity contribution in [1.29, 1.82) is 5.41 Å². The Morgan fingerprint density at radius 1 is 1.06 bits per heavy atom. The largest absolute Gasteiger partial charge is 0.365 e. The van der Waals surface area contributed by atoms with E-state index in [9.17, 15) is 4.79 Å². The van der Waals surface area contributed by atoms with Crippen LogP contribution in [0.1, 0.15) is 46.3 Å². The van der Waals surface area contributed by atoms with Gasteiger partial charge in [0.05, 0.1) is 17.0 Å². The standard InChI is InChI=1S/C26H24N6OS2/c1-16(29-25-21(24(28)33)19-14-8-9-15-20(19)35-25)22-23(27)31(17-10-4-2-5-11-17)26(34)32(30-22)18-12-6-3-7-13-18/h2-7,10-13,27H,8-9,14-15H2,1H3,(H2,28,33)/b27-23?,29-16+. The van der Waals surface area contributed by atoms with E-state index in [0.717, 1.165) is 42.6 Å². The summed E-state index contributed by atoms with van der Waals surface area (Å²) < 4.78 is 3.69. The summed E-state index contributed by atoms with van der Waals surface area (Å²) in [6.07, 6.45) is 3.91. The molecule has 2 aromatic carbocycles. The average molecular weight is 501 g/mol. The highest BCUT2D eigenvalue weighted by Crippen LogP contribution is 2.39. The van der Waals surface area contributed by atoms with Gasteiger partial charge < -0.3 is 5.73 Å². The Hall–Kier alpha value is -3.69. The molecule has 1 amide bonds. The molecule has 4 aromatic rings. The van der Waals surface area contributed by atoms with Gasteiger partial charge >= 0.3 is 0 Å². The average Bonchev–Trinajstić information content (AvgIpc) is 3.23. The highest BCUT2D eigenvalue weighted by molar-refractivity contribution is 7.71. The van der Waals surface area contributed by atoms with Crippen molar-refractivity contribution in [2.24, 2.45) is 10.7 Å². The predicted molar refractivity (Wildman–Crippen MR) is 141 cm³/mol. The van der Waals surface area contributed by atoms with Crippen molar-refractivity contribution in [3.05, 3.63) is 92.6 Å². The number of amides is 1. The molecule has 0 saturated heterocycles. The zero-order chi connectivity index (χ0) is 24.5. The number of carbonyl (C=O) groups is 1. The normalized spacial score (nSPS) is 13.5. The van der Waals surface area contributed by atoms with Crippen LogP contribution in [0, 0.1) is 10.2 Å². The van der Waals surface area contributed by atoms with Crippen LogP contribution in [0.15, 0.2) is 65.7 Å². The number of nitrogens with zero attached hydrogens (tertiary/aromatic N) is 4. The molecule has 5 rings (SSSR count). The minimum Gasteiger partial charge on any atom is -0.365 e. The number of aliphatic imine (C=N–C) groups is 1. The van der Waals surface area contributed by atoms with Gasteiger partial charge in [-0.1, -0.05) is 36.4 Å². The SMILES string of the molecule is C/C(=N\c1sc2c(c1C(N)=O)CCCC2)c1nn(-c2ccccc2)c(=S)n(-c2ccccc2)c1=N. The number of aromatic nitrogens is 3. The molecule has 0 fully saturated rings. The molecular weight excluding hydrogens is 476 g/mol. The smallest absolute Gasteiger partial charge is 0.252 e. The van der Waals surface area contributed by atoms with Gasteiger partial charge in [-0.2, -0.15) is 5.10 Å². The highest BCUT2D eigenvalue weighted by atomic mass is 32.1. The van der Waals surface area contributed by atoms with Crippen molar-refractivity contribution < 1.29 is 4.79 Å². The fourth-order valence-electron chi connectivity index (χ4n) is 4.37. The lowest BCUT2D eigenvalue weighted by molar-refractivity contribution is 0.100. The number of fused-ring (bicyclic) bond motifs is 1. The third-order valence-electron chi connectivity index (χ3n) is 6.05. The number of aryl methyl sites for hydroxylation is 1. The van der Waals surface area contributed by atoms with Crippen molar-refractivity contribution >= 4 is 40.2 Å². The van der Waals surface area contributed by atoms with Crippen LogP contribution < -0.4 is 11.2 Å². The zero-order valence-corrected chi connectivity index (χ0v) is 20.8. The lowest BCUT2D eigenvalue weighted by Crippen LogP contribution is -2.31. The number of hydrogen-bond donors (Lipinski definition) is 2. The number of hydrogen-bond acceptors (Lipinski definition) is 6. The van der Waals surface area contributed by atoms with Gasteiger partial charge in [0.15, 0.2) is 5.49 Å². The maximum atomic E-state index is 12.3. The quantitative estimate of drug-likeness (QED) is 0.296. The van der Waals surface area contributed by atoms with Gasteiger partial charge in [-0.25, -0.2) is 9.67 Å². The van der Waals surface area contributed by atoms with E-state index >= 15 is 0 Å². The molecule has 9 heteroatoms. The lowest BCUT2D eigenvalue weighted by atomic mass is 9.95. The Morgan fingerprint density at radius 3 is 2.34 bits per heavy atom. The number of carbonyl (C=O) groups excluding carboxylic acids is 1. The van der Waals surface area contributed by atoms with Crippen molar-refractivity contribution in [2.45, 2.75) is 32.6 Å². The molecule has 176 valence electrons. The van der Waals surface area contributed by atoms with E-state index in [0.29, 0.717) is 26.7 Å². The molecule has 35 heavy (non-hydrogen) atoms. The molecule has 2 aromatic heterocycles. The molecule has 0 spiro atoms. The Labute approximate surface area is 211 Å². The number of nitrogens with one attached hydrogen (secondary N) is 1. The second-order valence-electron chi connectivity index (χ2n) is 8.35. The first-order valence-electron chi connectivity index (χ1n) is 11.4. The molecule has 0 atom stereocenters. The Balaban J connectivity index is 1.74. The fraction of sp³-hybridized carbons (Fsp3) is 0.192. The van der Waals surface area contributed by atoms with E-state index in [4.69, 9.17) is 33.5 Å². The summed E-state index contributed by atoms with van der Waals surface area (Å²) in [5.74, 6) is -0.463. The van der Waals surface area contributed by atoms with E-state index in [1.165, 1.54) is 16.2 Å². The number of nitrogens with two attached hydrogens (primary N) is 1. The predicted octanol–water partition coefficient (Wildman–Crippen LogP) is 5.05. The van der Waals surface area contributed by atoms with Gasteiger partial charge in [0.1, 0.15) is 10.7 Å². The second kappa shape index (κ2) is 9.52. The van der Waals surface area contributed by atoms with Crippen LogP contribution in [0.25, 0.3) is 11.4 Å². The van der Waals surface area contributed by atoms with Crippen LogP contribution in [0.4, 0.5) is 5.00 Å². The van der Waals surface area contributed by atoms with E-state index in [-0.39, 0.29) is 5.49 Å². The first kappa shape index (κ1) is 23.1. The summed E-state index contributed by atoms with van der Waals surface area (Å²) in [6, 6.07) is 19.1. The van der Waals surface area contributed by atoms with Gasteiger partial charge in [0.2, 0.25) is 4.77 Å². The Morgan fingerprint density at radius 2 is 1.69 bits per heavy atom. The minimum absolute atomic E-state index is 0.122. The molecule has 7 nitrogen and oxygen atoms in total. The van der Waals surface area contributed by atoms with Gasteiger partial charge in [-0.3, -0.25) is 14.8 Å². The number of benzene rings is 2. The van der Waals surface area contributed by atoms with Crippen LogP contribution in [-0.2, 0) is 12.8 Å². The van der Waals surface area contributed by atoms with E-state index in [1.54, 1.807) is 16.2 Å². The summed E-state index contributed by atoms with van der Waals surface area (Å²) >= 11 is 7.29. The van der Waals surface area contributed by atoms with Crippen LogP contribution in [0.2, 0.25) is 0 Å². The molecule has 2 heterocycles. The monoisotopic (exact) mass is 500 g/mol. The van der Waals surface area contributed by atoms with Crippen molar-refractivity contribution in [1.82, 2.24) is 14.3 Å². The number of primary amides is 1. The first-order chi connectivity index (χ1) is 17.0. The number of rotatable bonds is 5. The Bertz CT molecular complexity index is 1570. The van der Waals surface area contributed by atoms with Gasteiger partial charge in [-0.15, -0.1) is 11.3 Å². The number of thiophene rings is 1. The lowest BCUT2D eigenvalue weighted by Gasteiger charge is -2.15. The molecule has 0 radical (unpaired) electrons. The van der Waals surface area contributed by atoms with Crippen molar-refractivity contribution in [3.8, 4) is 11.4 Å². The van der Waals surface area contributed by atoms with E-state index in [1.807, 2.05) is 60.7 Å². The van der Waals surface area contributed by atoms with Crippen molar-refractivity contribution in [2.75, 3.05) is 0 Å². The third kappa shape index (κ3) is 4.28. The maximum Gasteiger partial charge on any atom is 0.252 e. The van der Waals surface area contributed by atoms with Gasteiger partial charge in [-0.05, 0) is 74.7 Å². The molecule has 0 aliphatic heterocycles. The number of para-hydroxylation sites is 2. The van der Waals surface area contributed by atoms with E-state index in [2.05, 4.69) is 0 Å². The maximum absolute atomic E-state index is 12.3. The van der Waals surface area contributed by atoms with Gasteiger partial charge in [0.25, 0.3) is 5.91 Å².